The number of nitro benzene ring substituents is 1. The number of carbonyl (C=O) groups excluding carboxylic acids is 1. The fourth-order valence-corrected chi connectivity index (χ4v) is 9.36. The molecule has 0 aromatic heterocycles. The molecule has 0 spiro atoms. The molecule has 6 atom stereocenters. The molecule has 1 aliphatic heterocycles. The highest BCUT2D eigenvalue weighted by atomic mass is 16.7. The molecular formula is C48H61N3O13. The largest absolute Gasteiger partial charge is 0.459 e. The number of benzene rings is 3. The van der Waals surface area contributed by atoms with E-state index in [1.165, 1.54) is 19.2 Å². The lowest BCUT2D eigenvalue weighted by Crippen LogP contribution is -2.70. The van der Waals surface area contributed by atoms with Gasteiger partial charge in [0, 0.05) is 43.7 Å². The van der Waals surface area contributed by atoms with Crippen molar-refractivity contribution in [2.45, 2.75) is 69.3 Å². The molecule has 346 valence electrons. The van der Waals surface area contributed by atoms with E-state index < -0.39 is 28.8 Å². The summed E-state index contributed by atoms with van der Waals surface area (Å²) in [4.78, 5) is 32.8. The van der Waals surface area contributed by atoms with Crippen LogP contribution in [-0.4, -0.2) is 115 Å². The molecule has 1 saturated carbocycles. The quantitative estimate of drug-likeness (QED) is 0.0314. The normalized spacial score (nSPS) is 22.7. The lowest BCUT2D eigenvalue weighted by atomic mass is 9.55. The van der Waals surface area contributed by atoms with Crippen LogP contribution in [-0.2, 0) is 30.4 Å². The predicted octanol–water partition coefficient (Wildman–Crippen LogP) is 7.31. The maximum atomic E-state index is 14.5. The van der Waals surface area contributed by atoms with Crippen molar-refractivity contribution in [2.24, 2.45) is 22.9 Å². The molecule has 3 N–H and O–H groups in total. The standard InChI is InChI=1S/C48H61N3O13/c1-3-24-62-48-44(50(20-25-59-26-23-54)47(55)61-28-27-60-33-34-12-5-4-6-13-34)32-42(49-58-2)40-29-35(14-7-9-21-52)39(17-8-10-22-53)45(46(40)48)41-31-38(18-19-43(41)64-48)63-37-16-11-15-36(30-37)51(56)57/h3-6,11-13,15-16,18-19,29-31,35,39,44-46,52-54H,1,7-10,14,17,20-28,32-33H2,2H3/t35-,39+,44-,45+,46+,48+/m0/s1. The number of rotatable bonds is 26. The number of unbranched alkanes of at least 4 members (excludes halogenated alkanes) is 2. The van der Waals surface area contributed by atoms with Crippen molar-refractivity contribution in [1.29, 1.82) is 0 Å². The molecule has 1 heterocycles. The van der Waals surface area contributed by atoms with E-state index in [1.807, 2.05) is 36.4 Å². The van der Waals surface area contributed by atoms with E-state index in [1.54, 1.807) is 35.2 Å². The topological polar surface area (TPSA) is 201 Å². The molecule has 0 bridgehead atoms. The van der Waals surface area contributed by atoms with Gasteiger partial charge < -0.3 is 48.6 Å². The first-order valence-electron chi connectivity index (χ1n) is 22.1. The number of fused-ring (bicyclic) bond motifs is 2. The summed E-state index contributed by atoms with van der Waals surface area (Å²) in [5, 5.41) is 45.6. The Morgan fingerprint density at radius 1 is 0.938 bits per heavy atom. The van der Waals surface area contributed by atoms with Crippen molar-refractivity contribution in [2.75, 3.05) is 66.5 Å². The van der Waals surface area contributed by atoms with Gasteiger partial charge in [-0.25, -0.2) is 4.79 Å². The monoisotopic (exact) mass is 887 g/mol. The number of aliphatic hydroxyl groups excluding tert-OH is 3. The lowest BCUT2D eigenvalue weighted by molar-refractivity contribution is -0.384. The van der Waals surface area contributed by atoms with E-state index in [2.05, 4.69) is 17.8 Å². The number of non-ortho nitro benzene ring substituents is 1. The summed E-state index contributed by atoms with van der Waals surface area (Å²) in [5.41, 5.74) is 3.12. The number of hydrogen-bond acceptors (Lipinski definition) is 14. The first kappa shape index (κ1) is 48.1. The summed E-state index contributed by atoms with van der Waals surface area (Å²) in [6.07, 6.45) is 7.52. The molecule has 1 amide bonds. The van der Waals surface area contributed by atoms with E-state index >= 15 is 0 Å². The average Bonchev–Trinajstić information content (AvgIpc) is 3.30. The Bertz CT molecular complexity index is 2050. The first-order valence-corrected chi connectivity index (χ1v) is 22.1. The van der Waals surface area contributed by atoms with Gasteiger partial charge >= 0.3 is 6.09 Å². The van der Waals surface area contributed by atoms with Gasteiger partial charge in [-0.3, -0.25) is 15.0 Å². The molecule has 0 unspecified atom stereocenters. The van der Waals surface area contributed by atoms with Crippen molar-refractivity contribution < 1.29 is 58.3 Å². The Kier molecular flexibility index (Phi) is 18.1. The summed E-state index contributed by atoms with van der Waals surface area (Å²) in [7, 11) is 1.48. The molecule has 1 fully saturated rings. The highest BCUT2D eigenvalue weighted by molar-refractivity contribution is 6.03. The van der Waals surface area contributed by atoms with Crippen LogP contribution in [0.15, 0.2) is 102 Å². The molecular weight excluding hydrogens is 827 g/mol. The van der Waals surface area contributed by atoms with Gasteiger partial charge in [0.25, 0.3) is 5.69 Å². The first-order chi connectivity index (χ1) is 31.3. The molecule has 0 saturated heterocycles. The number of carbonyl (C=O) groups is 1. The molecule has 16 nitrogen and oxygen atoms in total. The lowest BCUT2D eigenvalue weighted by Gasteiger charge is -2.59. The van der Waals surface area contributed by atoms with Crippen molar-refractivity contribution in [3.05, 3.63) is 118 Å². The molecule has 64 heavy (non-hydrogen) atoms. The highest BCUT2D eigenvalue weighted by Gasteiger charge is 2.65. The van der Waals surface area contributed by atoms with Crippen LogP contribution in [0.1, 0.15) is 62.0 Å². The van der Waals surface area contributed by atoms with Gasteiger partial charge in [-0.2, -0.15) is 0 Å². The third-order valence-corrected chi connectivity index (χ3v) is 12.0. The van der Waals surface area contributed by atoms with Crippen LogP contribution < -0.4 is 9.47 Å². The van der Waals surface area contributed by atoms with E-state index in [4.69, 9.17) is 33.3 Å². The molecule has 16 heteroatoms. The van der Waals surface area contributed by atoms with Gasteiger partial charge in [-0.1, -0.05) is 66.5 Å². The van der Waals surface area contributed by atoms with E-state index in [-0.39, 0.29) is 95.0 Å². The van der Waals surface area contributed by atoms with Crippen LogP contribution in [0.5, 0.6) is 17.2 Å². The second kappa shape index (κ2) is 24.1. The number of amides is 1. The van der Waals surface area contributed by atoms with Crippen LogP contribution in [0.4, 0.5) is 10.5 Å². The summed E-state index contributed by atoms with van der Waals surface area (Å²) in [5.74, 6) is -1.35. The van der Waals surface area contributed by atoms with Gasteiger partial charge in [0.1, 0.15) is 37.0 Å². The van der Waals surface area contributed by atoms with Crippen molar-refractivity contribution >= 4 is 17.5 Å². The van der Waals surface area contributed by atoms with Crippen LogP contribution in [0.2, 0.25) is 0 Å². The van der Waals surface area contributed by atoms with Gasteiger partial charge in [0.15, 0.2) is 0 Å². The average molecular weight is 888 g/mol. The van der Waals surface area contributed by atoms with Gasteiger partial charge in [0.2, 0.25) is 5.79 Å². The highest BCUT2D eigenvalue weighted by Crippen LogP contribution is 2.62. The van der Waals surface area contributed by atoms with Crippen molar-refractivity contribution in [3.8, 4) is 17.2 Å². The van der Waals surface area contributed by atoms with Crippen LogP contribution in [0, 0.1) is 27.9 Å². The SMILES string of the molecule is C=CCO[C@@]12Oc3ccc(Oc4cccc([N+](=O)[O-])c4)cc3[C@H]3[C@H](CCCCO)[C@@H](CCCCO)C=C(C(=NOC)C[C@@H]1N(CCOCCO)C(=O)OCCOCc1ccccc1)[C@H]32. The number of nitrogens with zero attached hydrogens (tertiary/aromatic N) is 3. The second-order valence-electron chi connectivity index (χ2n) is 16.0. The molecule has 0 radical (unpaired) electrons. The van der Waals surface area contributed by atoms with Crippen molar-refractivity contribution in [3.63, 3.8) is 0 Å². The van der Waals surface area contributed by atoms with Crippen LogP contribution in [0.25, 0.3) is 0 Å². The fraction of sp³-hybridized carbons (Fsp3) is 0.500. The number of aliphatic hydroxyl groups is 3. The zero-order chi connectivity index (χ0) is 45.3. The van der Waals surface area contributed by atoms with Crippen LogP contribution in [0.3, 0.4) is 0 Å². The molecule has 3 aromatic rings. The maximum absolute atomic E-state index is 14.5. The minimum Gasteiger partial charge on any atom is -0.459 e. The molecule has 6 rings (SSSR count). The second-order valence-corrected chi connectivity index (χ2v) is 16.0. The summed E-state index contributed by atoms with van der Waals surface area (Å²) >= 11 is 0. The predicted molar refractivity (Wildman–Crippen MR) is 237 cm³/mol. The minimum atomic E-state index is -1.56. The number of oxime groups is 1. The Balaban J connectivity index is 1.47. The number of ether oxygens (including phenoxy) is 6. The van der Waals surface area contributed by atoms with E-state index in [9.17, 15) is 30.2 Å². The van der Waals surface area contributed by atoms with Crippen LogP contribution >= 0.6 is 0 Å². The smallest absolute Gasteiger partial charge is 0.410 e. The third kappa shape index (κ3) is 11.7. The zero-order valence-corrected chi connectivity index (χ0v) is 36.5. The van der Waals surface area contributed by atoms with Crippen molar-refractivity contribution in [1.82, 2.24) is 4.90 Å². The number of hydrogen-bond donors (Lipinski definition) is 3. The van der Waals surface area contributed by atoms with E-state index in [0.717, 1.165) is 36.0 Å². The number of nitro groups is 1. The summed E-state index contributed by atoms with van der Waals surface area (Å²) < 4.78 is 38.0. The van der Waals surface area contributed by atoms with Gasteiger partial charge in [0.05, 0.1) is 62.3 Å². The van der Waals surface area contributed by atoms with E-state index in [0.29, 0.717) is 43.1 Å². The molecule has 3 aliphatic rings. The fourth-order valence-electron chi connectivity index (χ4n) is 9.36. The molecule has 3 aromatic carbocycles. The Labute approximate surface area is 374 Å². The maximum Gasteiger partial charge on any atom is 0.410 e. The Morgan fingerprint density at radius 2 is 1.72 bits per heavy atom. The summed E-state index contributed by atoms with van der Waals surface area (Å²) in [6, 6.07) is 20.2. The van der Waals surface area contributed by atoms with Gasteiger partial charge in [-0.15, -0.1) is 6.58 Å². The Hall–Kier alpha value is -5.36. The summed E-state index contributed by atoms with van der Waals surface area (Å²) in [6.45, 7) is 4.54. The number of allylic oxidation sites excluding steroid dienone is 1. The van der Waals surface area contributed by atoms with Gasteiger partial charge in [-0.05, 0) is 72.9 Å². The third-order valence-electron chi connectivity index (χ3n) is 12.0. The minimum absolute atomic E-state index is 0.00617. The Morgan fingerprint density at radius 3 is 2.45 bits per heavy atom. The zero-order valence-electron chi connectivity index (χ0n) is 36.5. The molecule has 2 aliphatic carbocycles.